The highest BCUT2D eigenvalue weighted by molar-refractivity contribution is 7.79. The van der Waals surface area contributed by atoms with Crippen molar-refractivity contribution in [3.63, 3.8) is 0 Å². The number of benzene rings is 2. The highest BCUT2D eigenvalue weighted by Crippen LogP contribution is 1.85. The fourth-order valence-electron chi connectivity index (χ4n) is 1.39. The molecule has 0 aliphatic heterocycles. The summed E-state index contributed by atoms with van der Waals surface area (Å²) < 4.78 is 40.0. The molecule has 0 saturated carbocycles. The van der Waals surface area contributed by atoms with Gasteiger partial charge in [0.1, 0.15) is 0 Å². The monoisotopic (exact) mass is 372 g/mol. The fourth-order valence-corrected chi connectivity index (χ4v) is 1.39. The Balaban J connectivity index is 0.000000368. The predicted molar refractivity (Wildman–Crippen MR) is 92.8 cm³/mol. The van der Waals surface area contributed by atoms with Crippen LogP contribution in [-0.2, 0) is 19.9 Å². The standard InChI is InChI=1S/2C6H8BNO2.H2O4S/c2*8-10-7(9)6-4-2-1-3-5-6;1-5(2,3)4/h2*1-5,9H,8H2;(H2,1,2,3,4). The van der Waals surface area contributed by atoms with Gasteiger partial charge in [-0.05, 0) is 10.9 Å². The SMILES string of the molecule is NOB(O)c1ccccc1.NOB(O)c1ccccc1.O=S(=O)(O)O. The number of hydrogen-bond donors (Lipinski definition) is 6. The normalized spacial score (nSPS) is 9.84. The Kier molecular flexibility index (Phi) is 11.6. The van der Waals surface area contributed by atoms with E-state index in [2.05, 4.69) is 9.51 Å². The Morgan fingerprint density at radius 2 is 0.960 bits per heavy atom. The van der Waals surface area contributed by atoms with Crippen LogP contribution in [0.3, 0.4) is 0 Å². The van der Waals surface area contributed by atoms with Crippen LogP contribution in [0.4, 0.5) is 0 Å². The van der Waals surface area contributed by atoms with E-state index in [1.54, 1.807) is 48.5 Å². The molecule has 2 aromatic carbocycles. The van der Waals surface area contributed by atoms with Crippen molar-refractivity contribution in [3.05, 3.63) is 60.7 Å². The molecular formula is C12H18B2N2O8S. The molecule has 10 nitrogen and oxygen atoms in total. The third kappa shape index (κ3) is 13.2. The van der Waals surface area contributed by atoms with Crippen molar-refractivity contribution in [1.29, 1.82) is 0 Å². The first-order chi connectivity index (χ1) is 11.7. The van der Waals surface area contributed by atoms with Crippen LogP contribution in [0.15, 0.2) is 60.7 Å². The van der Waals surface area contributed by atoms with E-state index in [1.807, 2.05) is 12.1 Å². The Hall–Kier alpha value is -1.80. The molecule has 0 unspecified atom stereocenters. The molecule has 25 heavy (non-hydrogen) atoms. The maximum Gasteiger partial charge on any atom is 0.508 e. The highest BCUT2D eigenvalue weighted by Gasteiger charge is 2.13. The molecule has 0 heterocycles. The lowest BCUT2D eigenvalue weighted by Crippen LogP contribution is -2.35. The van der Waals surface area contributed by atoms with Crippen molar-refractivity contribution in [2.45, 2.75) is 0 Å². The molecule has 0 aliphatic rings. The van der Waals surface area contributed by atoms with Gasteiger partial charge in [-0.2, -0.15) is 8.42 Å². The molecule has 0 aromatic heterocycles. The minimum Gasteiger partial charge on any atom is -0.422 e. The zero-order valence-electron chi connectivity index (χ0n) is 12.9. The van der Waals surface area contributed by atoms with Gasteiger partial charge >= 0.3 is 24.6 Å². The van der Waals surface area contributed by atoms with Gasteiger partial charge in [0.2, 0.25) is 0 Å². The summed E-state index contributed by atoms with van der Waals surface area (Å²) >= 11 is 0. The van der Waals surface area contributed by atoms with E-state index in [4.69, 9.17) is 39.4 Å². The first kappa shape index (κ1) is 23.2. The summed E-state index contributed by atoms with van der Waals surface area (Å²) in [5.74, 6) is 9.51. The van der Waals surface area contributed by atoms with Crippen LogP contribution in [0.2, 0.25) is 0 Å². The second-order valence-electron chi connectivity index (χ2n) is 4.25. The van der Waals surface area contributed by atoms with Crippen LogP contribution in [0.1, 0.15) is 0 Å². The van der Waals surface area contributed by atoms with E-state index < -0.39 is 24.6 Å². The van der Waals surface area contributed by atoms with Crippen LogP contribution < -0.4 is 22.7 Å². The van der Waals surface area contributed by atoms with Gasteiger partial charge in [0, 0.05) is 0 Å². The lowest BCUT2D eigenvalue weighted by atomic mass is 9.80. The van der Waals surface area contributed by atoms with Crippen molar-refractivity contribution >= 4 is 35.6 Å². The number of nitrogens with two attached hydrogens (primary N) is 2. The average molecular weight is 372 g/mol. The van der Waals surface area contributed by atoms with E-state index in [1.165, 1.54) is 0 Å². The van der Waals surface area contributed by atoms with Crippen LogP contribution in [0, 0.1) is 0 Å². The predicted octanol–water partition coefficient (Wildman–Crippen LogP) is -2.12. The van der Waals surface area contributed by atoms with E-state index in [-0.39, 0.29) is 0 Å². The summed E-state index contributed by atoms with van der Waals surface area (Å²) in [7, 11) is -6.69. The molecule has 0 spiro atoms. The molecular weight excluding hydrogens is 354 g/mol. The van der Waals surface area contributed by atoms with E-state index in [0.29, 0.717) is 10.9 Å². The molecule has 0 amide bonds. The maximum absolute atomic E-state index is 8.98. The molecule has 13 heteroatoms. The molecule has 0 atom stereocenters. The summed E-state index contributed by atoms with van der Waals surface area (Å²) in [5.41, 5.74) is 1.31. The second-order valence-corrected chi connectivity index (χ2v) is 5.14. The molecule has 0 aliphatic carbocycles. The Bertz CT molecular complexity index is 625. The fraction of sp³-hybridized carbons (Fsp3) is 0. The zero-order valence-corrected chi connectivity index (χ0v) is 13.7. The molecule has 2 rings (SSSR count). The van der Waals surface area contributed by atoms with Gasteiger partial charge in [0.15, 0.2) is 0 Å². The molecule has 0 saturated heterocycles. The molecule has 0 radical (unpaired) electrons. The third-order valence-electron chi connectivity index (χ3n) is 2.43. The van der Waals surface area contributed by atoms with Crippen LogP contribution in [0.25, 0.3) is 0 Å². The lowest BCUT2D eigenvalue weighted by Gasteiger charge is -2.00. The van der Waals surface area contributed by atoms with Crippen molar-refractivity contribution < 1.29 is 37.1 Å². The third-order valence-corrected chi connectivity index (χ3v) is 2.43. The summed E-state index contributed by atoms with van der Waals surface area (Å²) in [6.45, 7) is 0. The van der Waals surface area contributed by atoms with Crippen LogP contribution in [-0.4, -0.2) is 41.8 Å². The Morgan fingerprint density at radius 1 is 0.720 bits per heavy atom. The molecule has 136 valence electrons. The second kappa shape index (κ2) is 12.5. The van der Waals surface area contributed by atoms with Gasteiger partial charge in [0.25, 0.3) is 0 Å². The topological polar surface area (TPSA) is 186 Å². The summed E-state index contributed by atoms with van der Waals surface area (Å²) in [5, 5.41) is 18.0. The first-order valence-corrected chi connectivity index (χ1v) is 7.95. The summed E-state index contributed by atoms with van der Waals surface area (Å²) in [6.07, 6.45) is 0. The van der Waals surface area contributed by atoms with E-state index in [0.717, 1.165) is 0 Å². The summed E-state index contributed by atoms with van der Waals surface area (Å²) in [6, 6.07) is 17.9. The van der Waals surface area contributed by atoms with Crippen molar-refractivity contribution in [2.75, 3.05) is 0 Å². The van der Waals surface area contributed by atoms with E-state index >= 15 is 0 Å². The van der Waals surface area contributed by atoms with Gasteiger partial charge in [-0.15, -0.1) is 0 Å². The summed E-state index contributed by atoms with van der Waals surface area (Å²) in [4.78, 5) is 0. The van der Waals surface area contributed by atoms with Crippen molar-refractivity contribution in [1.82, 2.24) is 0 Å². The quantitative estimate of drug-likeness (QED) is 0.197. The number of rotatable bonds is 4. The zero-order chi connectivity index (χ0) is 19.3. The Labute approximate surface area is 145 Å². The average Bonchev–Trinajstić information content (AvgIpc) is 2.61. The minimum absolute atomic E-state index is 0.657. The van der Waals surface area contributed by atoms with Gasteiger partial charge in [-0.1, -0.05) is 60.7 Å². The largest absolute Gasteiger partial charge is 0.508 e. The van der Waals surface area contributed by atoms with Crippen LogP contribution in [0.5, 0.6) is 0 Å². The minimum atomic E-state index is -4.67. The van der Waals surface area contributed by atoms with Gasteiger partial charge < -0.3 is 19.6 Å². The first-order valence-electron chi connectivity index (χ1n) is 6.56. The Morgan fingerprint density at radius 3 is 1.16 bits per heavy atom. The van der Waals surface area contributed by atoms with Gasteiger partial charge in [0.05, 0.1) is 0 Å². The number of hydrogen-bond acceptors (Lipinski definition) is 8. The molecule has 0 fully saturated rings. The van der Waals surface area contributed by atoms with Gasteiger partial charge in [-0.25, -0.2) is 11.8 Å². The smallest absolute Gasteiger partial charge is 0.422 e. The maximum atomic E-state index is 8.98. The van der Waals surface area contributed by atoms with E-state index in [9.17, 15) is 0 Å². The molecule has 2 aromatic rings. The van der Waals surface area contributed by atoms with Crippen molar-refractivity contribution in [2.24, 2.45) is 11.8 Å². The molecule has 8 N–H and O–H groups in total. The van der Waals surface area contributed by atoms with Gasteiger partial charge in [-0.3, -0.25) is 9.11 Å². The van der Waals surface area contributed by atoms with Crippen molar-refractivity contribution in [3.8, 4) is 0 Å². The lowest BCUT2D eigenvalue weighted by molar-refractivity contribution is 0.280. The molecule has 0 bridgehead atoms. The highest BCUT2D eigenvalue weighted by atomic mass is 32.3. The van der Waals surface area contributed by atoms with Crippen LogP contribution >= 0.6 is 0 Å².